The quantitative estimate of drug-likeness (QED) is 0.425. The van der Waals surface area contributed by atoms with Crippen LogP contribution in [-0.2, 0) is 13.2 Å². The Morgan fingerprint density at radius 3 is 2.67 bits per heavy atom. The predicted octanol–water partition coefficient (Wildman–Crippen LogP) is 1.98. The van der Waals surface area contributed by atoms with E-state index in [-0.39, 0.29) is 18.1 Å². The summed E-state index contributed by atoms with van der Waals surface area (Å²) < 4.78 is 12.1. The molecule has 0 atom stereocenters. The van der Waals surface area contributed by atoms with Crippen LogP contribution in [-0.4, -0.2) is 61.4 Å². The first kappa shape index (κ1) is 21.3. The average molecular weight is 467 g/mol. The monoisotopic (exact) mass is 466 g/mol. The number of hydrogen-bond donors (Lipinski definition) is 0. The van der Waals surface area contributed by atoms with Gasteiger partial charge in [-0.1, -0.05) is 5.16 Å². The smallest absolute Gasteiger partial charge is 0.258 e. The first-order chi connectivity index (χ1) is 16.0. The second-order valence-corrected chi connectivity index (χ2v) is 8.63. The number of benzene rings is 1. The second kappa shape index (κ2) is 9.12. The summed E-state index contributed by atoms with van der Waals surface area (Å²) in [4.78, 5) is 38.5. The van der Waals surface area contributed by atoms with Gasteiger partial charge in [0.1, 0.15) is 5.75 Å². The molecule has 0 saturated carbocycles. The van der Waals surface area contributed by atoms with Crippen molar-refractivity contribution in [2.45, 2.75) is 20.1 Å². The zero-order valence-electron chi connectivity index (χ0n) is 18.0. The molecule has 0 spiro atoms. The van der Waals surface area contributed by atoms with Crippen molar-refractivity contribution in [2.24, 2.45) is 0 Å². The van der Waals surface area contributed by atoms with Gasteiger partial charge in [-0.05, 0) is 24.3 Å². The Bertz CT molecular complexity index is 1320. The number of piperazine rings is 1. The zero-order chi connectivity index (χ0) is 22.8. The molecule has 3 aromatic heterocycles. The highest BCUT2D eigenvalue weighted by molar-refractivity contribution is 7.15. The van der Waals surface area contributed by atoms with Gasteiger partial charge >= 0.3 is 0 Å². The van der Waals surface area contributed by atoms with Gasteiger partial charge in [-0.25, -0.2) is 4.98 Å². The summed E-state index contributed by atoms with van der Waals surface area (Å²) in [6.07, 6.45) is 1.73. The molecule has 1 aromatic carbocycles. The van der Waals surface area contributed by atoms with Gasteiger partial charge in [0.2, 0.25) is 11.7 Å². The molecule has 1 aliphatic heterocycles. The maximum absolute atomic E-state index is 12.9. The Labute approximate surface area is 193 Å². The summed E-state index contributed by atoms with van der Waals surface area (Å²) in [6.45, 7) is 5.21. The topological polar surface area (TPSA) is 106 Å². The lowest BCUT2D eigenvalue weighted by Crippen LogP contribution is -2.48. The minimum atomic E-state index is -0.0649. The molecule has 0 N–H and O–H groups in total. The largest absolute Gasteiger partial charge is 0.485 e. The number of aryl methyl sites for hydroxylation is 1. The molecule has 1 fully saturated rings. The Balaban J connectivity index is 1.14. The lowest BCUT2D eigenvalue weighted by atomic mass is 10.1. The van der Waals surface area contributed by atoms with Crippen molar-refractivity contribution in [3.63, 3.8) is 0 Å². The van der Waals surface area contributed by atoms with E-state index in [1.54, 1.807) is 47.9 Å². The number of thiazole rings is 1. The van der Waals surface area contributed by atoms with Gasteiger partial charge in [0.25, 0.3) is 11.5 Å². The number of ether oxygens (including phenoxy) is 1. The lowest BCUT2D eigenvalue weighted by molar-refractivity contribution is 0.0627. The van der Waals surface area contributed by atoms with Crippen molar-refractivity contribution in [3.8, 4) is 5.75 Å². The molecular weight excluding hydrogens is 444 g/mol. The fourth-order valence-electron chi connectivity index (χ4n) is 3.73. The molecular formula is C22H22N6O4S. The number of hydrogen-bond acceptors (Lipinski definition) is 9. The van der Waals surface area contributed by atoms with Gasteiger partial charge in [-0.15, -0.1) is 11.3 Å². The molecule has 0 unspecified atom stereocenters. The highest BCUT2D eigenvalue weighted by Crippen LogP contribution is 2.17. The van der Waals surface area contributed by atoms with Crippen LogP contribution in [0.25, 0.3) is 4.96 Å². The molecule has 1 amide bonds. The molecule has 5 rings (SSSR count). The first-order valence-electron chi connectivity index (χ1n) is 10.5. The summed E-state index contributed by atoms with van der Waals surface area (Å²) in [5.74, 6) is 1.58. The van der Waals surface area contributed by atoms with Crippen LogP contribution in [0.15, 0.2) is 51.2 Å². The van der Waals surface area contributed by atoms with E-state index in [9.17, 15) is 9.59 Å². The molecule has 1 aliphatic rings. The van der Waals surface area contributed by atoms with Gasteiger partial charge in [0, 0.05) is 62.9 Å². The van der Waals surface area contributed by atoms with Crippen LogP contribution in [0.3, 0.4) is 0 Å². The minimum absolute atomic E-state index is 0.00799. The predicted molar refractivity (Wildman–Crippen MR) is 120 cm³/mol. The van der Waals surface area contributed by atoms with E-state index in [1.165, 1.54) is 11.3 Å². The van der Waals surface area contributed by atoms with E-state index in [0.29, 0.717) is 47.6 Å². The van der Waals surface area contributed by atoms with Crippen molar-refractivity contribution in [3.05, 3.63) is 75.2 Å². The van der Waals surface area contributed by atoms with Crippen LogP contribution in [0.1, 0.15) is 27.8 Å². The van der Waals surface area contributed by atoms with Crippen molar-refractivity contribution < 1.29 is 14.1 Å². The third kappa shape index (κ3) is 4.78. The molecule has 10 nitrogen and oxygen atoms in total. The van der Waals surface area contributed by atoms with Gasteiger partial charge in [-0.2, -0.15) is 4.98 Å². The standard InChI is InChI=1S/C22H22N6O4S/c1-15-23-19(25-32-15)14-31-18-4-2-16(3-5-18)21(30)27-8-6-26(7-9-27)13-17-12-20(29)28-10-11-33-22(28)24-17/h2-5,10-12H,6-9,13-14H2,1H3. The van der Waals surface area contributed by atoms with E-state index in [1.807, 2.05) is 10.3 Å². The van der Waals surface area contributed by atoms with E-state index >= 15 is 0 Å². The number of carbonyl (C=O) groups excluding carboxylic acids is 1. The Morgan fingerprint density at radius 2 is 1.94 bits per heavy atom. The van der Waals surface area contributed by atoms with Crippen LogP contribution in [0, 0.1) is 6.92 Å². The fourth-order valence-corrected chi connectivity index (χ4v) is 4.47. The van der Waals surface area contributed by atoms with Crippen molar-refractivity contribution in [1.29, 1.82) is 0 Å². The van der Waals surface area contributed by atoms with Gasteiger partial charge in [0.05, 0.1) is 5.69 Å². The number of nitrogens with zero attached hydrogens (tertiary/aromatic N) is 6. The number of fused-ring (bicyclic) bond motifs is 1. The third-order valence-corrected chi connectivity index (χ3v) is 6.20. The van der Waals surface area contributed by atoms with Crippen LogP contribution in [0.5, 0.6) is 5.75 Å². The lowest BCUT2D eigenvalue weighted by Gasteiger charge is -2.34. The molecule has 0 aliphatic carbocycles. The second-order valence-electron chi connectivity index (χ2n) is 7.75. The molecule has 0 radical (unpaired) electrons. The molecule has 1 saturated heterocycles. The van der Waals surface area contributed by atoms with Crippen LogP contribution in [0.2, 0.25) is 0 Å². The molecule has 4 heterocycles. The normalized spacial score (nSPS) is 14.6. The van der Waals surface area contributed by atoms with Gasteiger partial charge < -0.3 is 14.2 Å². The highest BCUT2D eigenvalue weighted by atomic mass is 32.1. The van der Waals surface area contributed by atoms with E-state index in [0.717, 1.165) is 18.8 Å². The summed E-state index contributed by atoms with van der Waals surface area (Å²) >= 11 is 1.44. The number of carbonyl (C=O) groups is 1. The Morgan fingerprint density at radius 1 is 1.15 bits per heavy atom. The zero-order valence-corrected chi connectivity index (χ0v) is 18.8. The fraction of sp³-hybridized carbons (Fsp3) is 0.318. The van der Waals surface area contributed by atoms with Crippen LogP contribution in [0.4, 0.5) is 0 Å². The van der Waals surface area contributed by atoms with Crippen LogP contribution >= 0.6 is 11.3 Å². The summed E-state index contributed by atoms with van der Waals surface area (Å²) in [5.41, 5.74) is 1.31. The van der Waals surface area contributed by atoms with E-state index in [4.69, 9.17) is 9.26 Å². The molecule has 11 heteroatoms. The third-order valence-electron chi connectivity index (χ3n) is 5.44. The highest BCUT2D eigenvalue weighted by Gasteiger charge is 2.22. The molecule has 4 aromatic rings. The molecule has 0 bridgehead atoms. The SMILES string of the molecule is Cc1nc(COc2ccc(C(=O)N3CCN(Cc4cc(=O)n5ccsc5n4)CC3)cc2)no1. The molecule has 33 heavy (non-hydrogen) atoms. The number of amides is 1. The van der Waals surface area contributed by atoms with E-state index in [2.05, 4.69) is 20.0 Å². The summed E-state index contributed by atoms with van der Waals surface area (Å²) in [5, 5.41) is 5.64. The van der Waals surface area contributed by atoms with Crippen LogP contribution < -0.4 is 10.3 Å². The minimum Gasteiger partial charge on any atom is -0.485 e. The van der Waals surface area contributed by atoms with Crippen molar-refractivity contribution >= 4 is 22.2 Å². The number of rotatable bonds is 6. The van der Waals surface area contributed by atoms with Gasteiger partial charge in [0.15, 0.2) is 11.6 Å². The van der Waals surface area contributed by atoms with Crippen molar-refractivity contribution in [2.75, 3.05) is 26.2 Å². The Hall–Kier alpha value is -3.57. The summed E-state index contributed by atoms with van der Waals surface area (Å²) in [7, 11) is 0. The Kier molecular flexibility index (Phi) is 5.88. The summed E-state index contributed by atoms with van der Waals surface area (Å²) in [6, 6.07) is 8.64. The number of aromatic nitrogens is 4. The maximum Gasteiger partial charge on any atom is 0.258 e. The van der Waals surface area contributed by atoms with Crippen molar-refractivity contribution in [1.82, 2.24) is 29.3 Å². The average Bonchev–Trinajstić information content (AvgIpc) is 3.47. The first-order valence-corrected chi connectivity index (χ1v) is 11.4. The molecule has 170 valence electrons. The van der Waals surface area contributed by atoms with Gasteiger partial charge in [-0.3, -0.25) is 18.9 Å². The van der Waals surface area contributed by atoms with E-state index < -0.39 is 0 Å². The maximum atomic E-state index is 12.9.